The Morgan fingerprint density at radius 3 is 2.96 bits per heavy atom. The number of nitrogens with zero attached hydrogens (tertiary/aromatic N) is 2. The van der Waals surface area contributed by atoms with Gasteiger partial charge in [0.05, 0.1) is 18.5 Å². The molecule has 3 rings (SSSR count). The van der Waals surface area contributed by atoms with Crippen LogP contribution < -0.4 is 5.43 Å². The van der Waals surface area contributed by atoms with E-state index in [9.17, 15) is 15.0 Å². The third-order valence-corrected chi connectivity index (χ3v) is 4.44. The maximum absolute atomic E-state index is 12.0. The third kappa shape index (κ3) is 4.32. The van der Waals surface area contributed by atoms with Gasteiger partial charge in [-0.15, -0.1) is 0 Å². The Morgan fingerprint density at radius 1 is 1.33 bits per heavy atom. The monoisotopic (exact) mass is 366 g/mol. The van der Waals surface area contributed by atoms with Gasteiger partial charge in [0.1, 0.15) is 5.75 Å². The molecule has 0 aliphatic heterocycles. The number of aryl methyl sites for hydroxylation is 2. The van der Waals surface area contributed by atoms with Crippen molar-refractivity contribution in [3.05, 3.63) is 59.0 Å². The lowest BCUT2D eigenvalue weighted by Crippen LogP contribution is -2.17. The molecule has 1 aromatic carbocycles. The first-order valence-electron chi connectivity index (χ1n) is 8.75. The van der Waals surface area contributed by atoms with Crippen LogP contribution in [0.3, 0.4) is 0 Å². The predicted molar refractivity (Wildman–Crippen MR) is 104 cm³/mol. The van der Waals surface area contributed by atoms with Crippen LogP contribution in [0.15, 0.2) is 41.8 Å². The van der Waals surface area contributed by atoms with Gasteiger partial charge >= 0.3 is 0 Å². The largest absolute Gasteiger partial charge is 0.505 e. The Balaban J connectivity index is 1.53. The van der Waals surface area contributed by atoms with Crippen molar-refractivity contribution in [3.8, 4) is 5.75 Å². The average molecular weight is 366 g/mol. The maximum Gasteiger partial charge on any atom is 0.240 e. The molecular formula is C20H22N4O3. The van der Waals surface area contributed by atoms with E-state index in [1.807, 2.05) is 24.4 Å². The van der Waals surface area contributed by atoms with Gasteiger partial charge in [0.25, 0.3) is 0 Å². The van der Waals surface area contributed by atoms with Gasteiger partial charge in [-0.2, -0.15) is 5.10 Å². The van der Waals surface area contributed by atoms with Crippen LogP contribution in [-0.4, -0.2) is 32.3 Å². The number of amides is 1. The molecule has 27 heavy (non-hydrogen) atoms. The van der Waals surface area contributed by atoms with Crippen molar-refractivity contribution in [3.63, 3.8) is 0 Å². The molecular weight excluding hydrogens is 344 g/mol. The van der Waals surface area contributed by atoms with E-state index < -0.39 is 0 Å². The van der Waals surface area contributed by atoms with Gasteiger partial charge in [-0.1, -0.05) is 18.2 Å². The van der Waals surface area contributed by atoms with Gasteiger partial charge in [-0.3, -0.25) is 9.78 Å². The van der Waals surface area contributed by atoms with E-state index in [1.54, 1.807) is 6.92 Å². The highest BCUT2D eigenvalue weighted by molar-refractivity contribution is 5.87. The van der Waals surface area contributed by atoms with Crippen molar-refractivity contribution >= 4 is 23.0 Å². The number of aromatic nitrogens is 2. The molecule has 2 heterocycles. The zero-order valence-electron chi connectivity index (χ0n) is 15.1. The van der Waals surface area contributed by atoms with Crippen LogP contribution in [0.25, 0.3) is 10.9 Å². The fraction of sp³-hybridized carbons (Fsp3) is 0.250. The highest BCUT2D eigenvalue weighted by Crippen LogP contribution is 2.22. The molecule has 2 aromatic heterocycles. The van der Waals surface area contributed by atoms with Crippen molar-refractivity contribution < 1.29 is 15.0 Å². The highest BCUT2D eigenvalue weighted by atomic mass is 16.3. The summed E-state index contributed by atoms with van der Waals surface area (Å²) < 4.78 is 0. The summed E-state index contributed by atoms with van der Waals surface area (Å²) in [5.74, 6) is -0.263. The molecule has 0 radical (unpaired) electrons. The van der Waals surface area contributed by atoms with Crippen LogP contribution in [0.4, 0.5) is 0 Å². The van der Waals surface area contributed by atoms with Gasteiger partial charge in [-0.05, 0) is 31.4 Å². The molecule has 0 unspecified atom stereocenters. The fourth-order valence-corrected chi connectivity index (χ4v) is 2.93. The van der Waals surface area contributed by atoms with Gasteiger partial charge in [-0.25, -0.2) is 5.43 Å². The molecule has 3 aromatic rings. The molecule has 0 saturated carbocycles. The number of hydrogen-bond donors (Lipinski definition) is 4. The number of rotatable bonds is 7. The molecule has 7 nitrogen and oxygen atoms in total. The first-order valence-corrected chi connectivity index (χ1v) is 8.75. The number of carbonyl (C=O) groups is 1. The lowest BCUT2D eigenvalue weighted by atomic mass is 10.1. The van der Waals surface area contributed by atoms with E-state index in [-0.39, 0.29) is 18.3 Å². The molecule has 0 atom stereocenters. The Hall–Kier alpha value is -3.19. The van der Waals surface area contributed by atoms with Crippen LogP contribution in [0.2, 0.25) is 0 Å². The second-order valence-corrected chi connectivity index (χ2v) is 6.30. The number of nitrogens with one attached hydrogen (secondary N) is 2. The van der Waals surface area contributed by atoms with Crippen LogP contribution in [-0.2, 0) is 17.8 Å². The van der Waals surface area contributed by atoms with Gasteiger partial charge < -0.3 is 15.2 Å². The molecule has 4 N–H and O–H groups in total. The highest BCUT2D eigenvalue weighted by Gasteiger charge is 2.10. The molecule has 0 spiro atoms. The maximum atomic E-state index is 12.0. The van der Waals surface area contributed by atoms with Gasteiger partial charge in [0.15, 0.2) is 0 Å². The number of aromatic hydroxyl groups is 1. The summed E-state index contributed by atoms with van der Waals surface area (Å²) in [5, 5.41) is 24.4. The minimum Gasteiger partial charge on any atom is -0.505 e. The number of hydrazone groups is 1. The number of benzene rings is 1. The summed E-state index contributed by atoms with van der Waals surface area (Å²) in [6.45, 7) is 1.37. The summed E-state index contributed by atoms with van der Waals surface area (Å²) in [4.78, 5) is 19.2. The number of hydrogen-bond acceptors (Lipinski definition) is 5. The fourth-order valence-electron chi connectivity index (χ4n) is 2.93. The zero-order valence-corrected chi connectivity index (χ0v) is 15.1. The topological polar surface area (TPSA) is 111 Å². The molecule has 7 heteroatoms. The number of H-pyrrole nitrogens is 1. The Kier molecular flexibility index (Phi) is 5.83. The molecule has 0 aliphatic carbocycles. The first-order chi connectivity index (χ1) is 13.1. The second kappa shape index (κ2) is 8.46. The van der Waals surface area contributed by atoms with Crippen molar-refractivity contribution in [2.24, 2.45) is 5.10 Å². The average Bonchev–Trinajstić information content (AvgIpc) is 3.08. The van der Waals surface area contributed by atoms with Crippen LogP contribution in [0.1, 0.15) is 35.2 Å². The summed E-state index contributed by atoms with van der Waals surface area (Å²) in [5.41, 5.74) is 5.95. The van der Waals surface area contributed by atoms with E-state index in [0.717, 1.165) is 11.9 Å². The minimum atomic E-state index is -0.277. The van der Waals surface area contributed by atoms with Crippen LogP contribution in [0.5, 0.6) is 5.75 Å². The molecule has 0 saturated heterocycles. The molecule has 0 bridgehead atoms. The van der Waals surface area contributed by atoms with Gasteiger partial charge in [0, 0.05) is 40.8 Å². The summed E-state index contributed by atoms with van der Waals surface area (Å²) >= 11 is 0. The quantitative estimate of drug-likeness (QED) is 0.380. The van der Waals surface area contributed by atoms with E-state index in [4.69, 9.17) is 0 Å². The molecule has 140 valence electrons. The summed E-state index contributed by atoms with van der Waals surface area (Å²) in [7, 11) is 0. The number of para-hydroxylation sites is 1. The van der Waals surface area contributed by atoms with E-state index in [1.165, 1.54) is 23.4 Å². The number of aromatic amines is 1. The number of aliphatic hydroxyl groups is 1. The minimum absolute atomic E-state index is 0.0566. The van der Waals surface area contributed by atoms with Crippen LogP contribution in [0, 0.1) is 6.92 Å². The zero-order chi connectivity index (χ0) is 19.2. The van der Waals surface area contributed by atoms with Crippen molar-refractivity contribution in [2.45, 2.75) is 32.8 Å². The van der Waals surface area contributed by atoms with Crippen molar-refractivity contribution in [1.82, 2.24) is 15.4 Å². The predicted octanol–water partition coefficient (Wildman–Crippen LogP) is 2.54. The lowest BCUT2D eigenvalue weighted by Gasteiger charge is -2.07. The van der Waals surface area contributed by atoms with E-state index in [2.05, 4.69) is 26.6 Å². The number of aliphatic hydroxyl groups excluding tert-OH is 1. The molecule has 1 amide bonds. The standard InChI is InChI=1S/C20H22N4O3/c1-13-20(27)17(15(12-25)10-21-13)11-23-24-19(26)8-4-5-14-9-22-18-7-3-2-6-16(14)18/h2-3,6-7,9-11,22,25,27H,4-5,8,12H2,1H3,(H,24,26)/b23-11-. The Morgan fingerprint density at radius 2 is 2.15 bits per heavy atom. The normalized spacial score (nSPS) is 11.3. The number of fused-ring (bicyclic) bond motifs is 1. The van der Waals surface area contributed by atoms with Crippen molar-refractivity contribution in [2.75, 3.05) is 0 Å². The second-order valence-electron chi connectivity index (χ2n) is 6.30. The molecule has 0 aliphatic rings. The Bertz CT molecular complexity index is 979. The van der Waals surface area contributed by atoms with Gasteiger partial charge in [0.2, 0.25) is 5.91 Å². The number of pyridine rings is 1. The van der Waals surface area contributed by atoms with E-state index >= 15 is 0 Å². The Labute approximate surface area is 156 Å². The summed E-state index contributed by atoms with van der Waals surface area (Å²) in [6.07, 6.45) is 6.61. The third-order valence-electron chi connectivity index (χ3n) is 4.44. The SMILES string of the molecule is Cc1ncc(CO)c(/C=N\NC(=O)CCCc2c[nH]c3ccccc23)c1O. The lowest BCUT2D eigenvalue weighted by molar-refractivity contribution is -0.121. The summed E-state index contributed by atoms with van der Waals surface area (Å²) in [6, 6.07) is 8.07. The van der Waals surface area contributed by atoms with E-state index in [0.29, 0.717) is 29.7 Å². The molecule has 0 fully saturated rings. The van der Waals surface area contributed by atoms with Crippen molar-refractivity contribution in [1.29, 1.82) is 0 Å². The van der Waals surface area contributed by atoms with Crippen LogP contribution >= 0.6 is 0 Å². The number of carbonyl (C=O) groups excluding carboxylic acids is 1. The smallest absolute Gasteiger partial charge is 0.240 e. The first kappa shape index (κ1) is 18.6.